The average Bonchev–Trinajstić information content (AvgIpc) is 2.22. The van der Waals surface area contributed by atoms with Crippen molar-refractivity contribution in [2.24, 2.45) is 5.14 Å². The molecule has 7 nitrogen and oxygen atoms in total. The second-order valence-corrected chi connectivity index (χ2v) is 5.34. The lowest BCUT2D eigenvalue weighted by molar-refractivity contribution is -0.385. The van der Waals surface area contributed by atoms with Crippen molar-refractivity contribution in [2.45, 2.75) is 6.42 Å². The average molecular weight is 277 g/mol. The number of non-ortho nitro benzene ring substituents is 1. The first-order valence-electron chi connectivity index (χ1n) is 4.97. The second kappa shape index (κ2) is 5.74. The van der Waals surface area contributed by atoms with Crippen molar-refractivity contribution in [2.75, 3.05) is 17.6 Å². The number of nitro benzene ring substituents is 1. The van der Waals surface area contributed by atoms with Gasteiger partial charge in [-0.3, -0.25) is 10.1 Å². The Morgan fingerprint density at radius 3 is 2.61 bits per heavy atom. The van der Waals surface area contributed by atoms with Crippen LogP contribution in [0, 0.1) is 15.9 Å². The van der Waals surface area contributed by atoms with E-state index in [4.69, 9.17) is 5.14 Å². The second-order valence-electron chi connectivity index (χ2n) is 3.60. The van der Waals surface area contributed by atoms with Gasteiger partial charge in [0.25, 0.3) is 5.69 Å². The van der Waals surface area contributed by atoms with Gasteiger partial charge in [-0.15, -0.1) is 0 Å². The summed E-state index contributed by atoms with van der Waals surface area (Å²) in [5.41, 5.74) is -0.153. The van der Waals surface area contributed by atoms with Crippen LogP contribution < -0.4 is 10.5 Å². The van der Waals surface area contributed by atoms with Crippen LogP contribution in [-0.2, 0) is 10.0 Å². The fourth-order valence-corrected chi connectivity index (χ4v) is 1.83. The molecule has 1 aromatic rings. The Morgan fingerprint density at radius 2 is 2.06 bits per heavy atom. The van der Waals surface area contributed by atoms with E-state index in [9.17, 15) is 22.9 Å². The van der Waals surface area contributed by atoms with Crippen LogP contribution in [0.15, 0.2) is 18.2 Å². The highest BCUT2D eigenvalue weighted by Crippen LogP contribution is 2.19. The number of nitrogens with one attached hydrogen (secondary N) is 1. The molecule has 0 aliphatic rings. The van der Waals surface area contributed by atoms with Crippen LogP contribution in [0.25, 0.3) is 0 Å². The number of sulfonamides is 1. The number of primary sulfonamides is 1. The molecule has 0 amide bonds. The zero-order valence-corrected chi connectivity index (χ0v) is 10.1. The van der Waals surface area contributed by atoms with E-state index < -0.39 is 20.8 Å². The van der Waals surface area contributed by atoms with Gasteiger partial charge in [-0.25, -0.2) is 17.9 Å². The largest absolute Gasteiger partial charge is 0.385 e. The van der Waals surface area contributed by atoms with E-state index in [0.29, 0.717) is 0 Å². The molecule has 1 aromatic carbocycles. The van der Waals surface area contributed by atoms with Crippen molar-refractivity contribution >= 4 is 21.4 Å². The van der Waals surface area contributed by atoms with Gasteiger partial charge in [-0.2, -0.15) is 0 Å². The van der Waals surface area contributed by atoms with Crippen molar-refractivity contribution < 1.29 is 17.7 Å². The Morgan fingerprint density at radius 1 is 1.39 bits per heavy atom. The normalized spacial score (nSPS) is 11.2. The first kappa shape index (κ1) is 14.3. The molecule has 0 saturated heterocycles. The number of halogens is 1. The smallest absolute Gasteiger partial charge is 0.274 e. The molecule has 9 heteroatoms. The van der Waals surface area contributed by atoms with Crippen molar-refractivity contribution in [3.63, 3.8) is 0 Å². The molecular formula is C9H12FN3O4S. The third kappa shape index (κ3) is 5.06. The van der Waals surface area contributed by atoms with Gasteiger partial charge in [-0.1, -0.05) is 0 Å². The van der Waals surface area contributed by atoms with Crippen molar-refractivity contribution in [3.8, 4) is 0 Å². The SMILES string of the molecule is NS(=O)(=O)CCCNc1cc(F)cc([N+](=O)[O-])c1. The summed E-state index contributed by atoms with van der Waals surface area (Å²) in [4.78, 5) is 9.77. The number of benzene rings is 1. The molecule has 0 atom stereocenters. The molecule has 0 radical (unpaired) electrons. The molecule has 0 aromatic heterocycles. The van der Waals surface area contributed by atoms with Gasteiger partial charge in [0.1, 0.15) is 5.82 Å². The van der Waals surface area contributed by atoms with Gasteiger partial charge in [0.2, 0.25) is 10.0 Å². The lowest BCUT2D eigenvalue weighted by Gasteiger charge is -2.05. The van der Waals surface area contributed by atoms with Crippen LogP contribution in [0.4, 0.5) is 15.8 Å². The molecular weight excluding hydrogens is 265 g/mol. The Kier molecular flexibility index (Phi) is 4.56. The molecule has 100 valence electrons. The summed E-state index contributed by atoms with van der Waals surface area (Å²) >= 11 is 0. The summed E-state index contributed by atoms with van der Waals surface area (Å²) in [5, 5.41) is 18.0. The molecule has 0 aliphatic heterocycles. The monoisotopic (exact) mass is 277 g/mol. The van der Waals surface area contributed by atoms with E-state index in [2.05, 4.69) is 5.32 Å². The zero-order valence-electron chi connectivity index (χ0n) is 9.30. The summed E-state index contributed by atoms with van der Waals surface area (Å²) < 4.78 is 34.3. The highest BCUT2D eigenvalue weighted by atomic mass is 32.2. The molecule has 0 aliphatic carbocycles. The predicted octanol–water partition coefficient (Wildman–Crippen LogP) is 0.824. The first-order valence-corrected chi connectivity index (χ1v) is 6.69. The lowest BCUT2D eigenvalue weighted by atomic mass is 10.2. The highest BCUT2D eigenvalue weighted by Gasteiger charge is 2.09. The van der Waals surface area contributed by atoms with E-state index >= 15 is 0 Å². The number of rotatable bonds is 6. The van der Waals surface area contributed by atoms with Crippen LogP contribution >= 0.6 is 0 Å². The number of nitro groups is 1. The standard InChI is InChI=1S/C9H12FN3O4S/c10-7-4-8(6-9(5-7)13(14)15)12-2-1-3-18(11,16)17/h4-6,12H,1-3H2,(H2,11,16,17). The molecule has 0 unspecified atom stereocenters. The Hall–Kier alpha value is -1.74. The molecule has 18 heavy (non-hydrogen) atoms. The maximum absolute atomic E-state index is 13.0. The number of nitrogens with two attached hydrogens (primary N) is 1. The molecule has 1 rings (SSSR count). The maximum Gasteiger partial charge on any atom is 0.274 e. The van der Waals surface area contributed by atoms with E-state index in [0.717, 1.165) is 12.1 Å². The van der Waals surface area contributed by atoms with Gasteiger partial charge in [-0.05, 0) is 12.5 Å². The summed E-state index contributed by atoms with van der Waals surface area (Å²) in [6.45, 7) is 0.219. The van der Waals surface area contributed by atoms with Crippen LogP contribution in [0.2, 0.25) is 0 Å². The first-order chi connectivity index (χ1) is 8.28. The van der Waals surface area contributed by atoms with Crippen molar-refractivity contribution in [1.82, 2.24) is 0 Å². The van der Waals surface area contributed by atoms with Crippen LogP contribution in [0.3, 0.4) is 0 Å². The Balaban J connectivity index is 2.60. The van der Waals surface area contributed by atoms with Gasteiger partial charge in [0.05, 0.1) is 16.7 Å². The quantitative estimate of drug-likeness (QED) is 0.454. The van der Waals surface area contributed by atoms with E-state index in [1.807, 2.05) is 0 Å². The number of anilines is 1. The molecule has 0 spiro atoms. The summed E-state index contributed by atoms with van der Waals surface area (Å²) in [7, 11) is -3.53. The molecule has 0 saturated carbocycles. The van der Waals surface area contributed by atoms with Gasteiger partial charge in [0, 0.05) is 18.3 Å². The van der Waals surface area contributed by atoms with E-state index in [1.54, 1.807) is 0 Å². The summed E-state index contributed by atoms with van der Waals surface area (Å²) in [6, 6.07) is 3.06. The molecule has 0 fully saturated rings. The minimum Gasteiger partial charge on any atom is -0.385 e. The van der Waals surface area contributed by atoms with Gasteiger partial charge >= 0.3 is 0 Å². The lowest BCUT2D eigenvalue weighted by Crippen LogP contribution is -2.18. The van der Waals surface area contributed by atoms with Crippen LogP contribution in [-0.4, -0.2) is 25.6 Å². The van der Waals surface area contributed by atoms with Gasteiger partial charge < -0.3 is 5.32 Å². The third-order valence-corrected chi connectivity index (χ3v) is 2.89. The third-order valence-electron chi connectivity index (χ3n) is 2.03. The van der Waals surface area contributed by atoms with E-state index in [-0.39, 0.29) is 30.1 Å². The van der Waals surface area contributed by atoms with Crippen molar-refractivity contribution in [3.05, 3.63) is 34.1 Å². The van der Waals surface area contributed by atoms with Gasteiger partial charge in [0.15, 0.2) is 0 Å². The Bertz CT molecular complexity index is 547. The van der Waals surface area contributed by atoms with Crippen LogP contribution in [0.1, 0.15) is 6.42 Å². The zero-order chi connectivity index (χ0) is 13.8. The molecule has 3 N–H and O–H groups in total. The summed E-state index contributed by atoms with van der Waals surface area (Å²) in [6.07, 6.45) is 0.225. The Labute approximate surface area is 103 Å². The highest BCUT2D eigenvalue weighted by molar-refractivity contribution is 7.89. The van der Waals surface area contributed by atoms with E-state index in [1.165, 1.54) is 6.07 Å². The number of hydrogen-bond acceptors (Lipinski definition) is 5. The predicted molar refractivity (Wildman–Crippen MR) is 64.1 cm³/mol. The van der Waals surface area contributed by atoms with Crippen LogP contribution in [0.5, 0.6) is 0 Å². The number of nitrogens with zero attached hydrogens (tertiary/aromatic N) is 1. The molecule has 0 heterocycles. The molecule has 0 bridgehead atoms. The summed E-state index contributed by atoms with van der Waals surface area (Å²) in [5.74, 6) is -0.949. The number of hydrogen-bond donors (Lipinski definition) is 2. The fraction of sp³-hybridized carbons (Fsp3) is 0.333. The van der Waals surface area contributed by atoms with Crippen molar-refractivity contribution in [1.29, 1.82) is 0 Å². The maximum atomic E-state index is 13.0. The minimum absolute atomic E-state index is 0.211. The minimum atomic E-state index is -3.53. The topological polar surface area (TPSA) is 115 Å². The fourth-order valence-electron chi connectivity index (χ4n) is 1.29.